The zero-order valence-corrected chi connectivity index (χ0v) is 41.0. The molecule has 0 bridgehead atoms. The van der Waals surface area contributed by atoms with Crippen molar-refractivity contribution >= 4 is 88.5 Å². The molecule has 0 saturated carbocycles. The van der Waals surface area contributed by atoms with Gasteiger partial charge in [0, 0.05) is 54.0 Å². The molecule has 1 aromatic heterocycles. The van der Waals surface area contributed by atoms with Crippen molar-refractivity contribution in [2.45, 2.75) is 104 Å². The van der Waals surface area contributed by atoms with Gasteiger partial charge < -0.3 is 9.71 Å². The Kier molecular flexibility index (Phi) is 8.90. The Morgan fingerprint density at radius 1 is 0.500 bits per heavy atom. The molecular formula is C62H59BN2S. The number of rotatable bonds is 3. The molecule has 3 aliphatic rings. The fourth-order valence-corrected chi connectivity index (χ4v) is 12.8. The minimum Gasteiger partial charge on any atom is -0.376 e. The second-order valence-electron chi connectivity index (χ2n) is 22.8. The number of thiophene rings is 1. The summed E-state index contributed by atoms with van der Waals surface area (Å²) in [6, 6.07) is 59.0. The highest BCUT2D eigenvalue weighted by atomic mass is 32.1. The van der Waals surface area contributed by atoms with E-state index >= 15 is 0 Å². The van der Waals surface area contributed by atoms with E-state index in [2.05, 4.69) is 231 Å². The molecule has 0 unspecified atom stereocenters. The molecule has 0 atom stereocenters. The average Bonchev–Trinajstić information content (AvgIpc) is 3.66. The van der Waals surface area contributed by atoms with Crippen LogP contribution in [0.4, 0.5) is 28.4 Å². The number of hydrogen-bond donors (Lipinski definition) is 0. The minimum absolute atomic E-state index is 0.0228. The first-order chi connectivity index (χ1) is 31.5. The summed E-state index contributed by atoms with van der Waals surface area (Å²) in [5.41, 5.74) is 19.9. The largest absolute Gasteiger partial charge is 0.376 e. The lowest BCUT2D eigenvalue weighted by Gasteiger charge is -2.48. The molecule has 0 fully saturated rings. The van der Waals surface area contributed by atoms with Crippen LogP contribution in [-0.2, 0) is 21.7 Å². The lowest BCUT2D eigenvalue weighted by molar-refractivity contribution is 0.332. The van der Waals surface area contributed by atoms with Crippen LogP contribution in [0.2, 0.25) is 0 Å². The predicted octanol–water partition coefficient (Wildman–Crippen LogP) is 16.5. The second kappa shape index (κ2) is 14.2. The Balaban J connectivity index is 1.26. The number of hydrogen-bond acceptors (Lipinski definition) is 3. The lowest BCUT2D eigenvalue weighted by Crippen LogP contribution is -2.61. The molecule has 0 spiro atoms. The molecule has 326 valence electrons. The lowest BCUT2D eigenvalue weighted by atomic mass is 9.43. The fourth-order valence-electron chi connectivity index (χ4n) is 11.7. The van der Waals surface area contributed by atoms with Crippen LogP contribution in [-0.4, -0.2) is 6.85 Å². The number of fused-ring (bicyclic) bond motifs is 10. The monoisotopic (exact) mass is 874 g/mol. The minimum atomic E-state index is -0.0970. The third-order valence-electron chi connectivity index (χ3n) is 15.6. The predicted molar refractivity (Wildman–Crippen MR) is 289 cm³/mol. The fraction of sp³-hybridized carbons (Fsp3) is 0.258. The second-order valence-corrected chi connectivity index (χ2v) is 23.9. The van der Waals surface area contributed by atoms with E-state index in [1.807, 2.05) is 11.3 Å². The summed E-state index contributed by atoms with van der Waals surface area (Å²) in [5.74, 6) is 0. The van der Waals surface area contributed by atoms with E-state index in [1.54, 1.807) is 0 Å². The van der Waals surface area contributed by atoms with Crippen LogP contribution in [0.3, 0.4) is 0 Å². The Morgan fingerprint density at radius 3 is 1.85 bits per heavy atom. The molecule has 66 heavy (non-hydrogen) atoms. The molecule has 12 rings (SSSR count). The van der Waals surface area contributed by atoms with Gasteiger partial charge in [-0.3, -0.25) is 0 Å². The Morgan fingerprint density at radius 2 is 1.14 bits per heavy atom. The summed E-state index contributed by atoms with van der Waals surface area (Å²) in [4.78, 5) is 5.41. The standard InChI is InChI=1S/C62H59BN2S/c1-59(2,3)40-24-27-42(28-25-40)65-52-36-49-48(61(7,8)30-31-62(49,9)10)34-47(52)57-43-21-15-14-20-39(43)32-54-58(57)63(65)50-37-56-46(44-22-16-17-23-55(44)66-56)35-53(50)64(54)51-29-26-41(60(4,5)6)33-45(51)38-18-12-11-13-19-38/h11-29,32-37H,30-31H2,1-10H3. The van der Waals surface area contributed by atoms with E-state index in [0.717, 1.165) is 0 Å². The topological polar surface area (TPSA) is 6.48 Å². The van der Waals surface area contributed by atoms with Gasteiger partial charge in [0.05, 0.1) is 5.69 Å². The molecular weight excluding hydrogens is 816 g/mol. The van der Waals surface area contributed by atoms with Gasteiger partial charge in [-0.15, -0.1) is 11.3 Å². The van der Waals surface area contributed by atoms with Gasteiger partial charge in [0.2, 0.25) is 0 Å². The Bertz CT molecular complexity index is 3450. The van der Waals surface area contributed by atoms with Crippen molar-refractivity contribution < 1.29 is 0 Å². The summed E-state index contributed by atoms with van der Waals surface area (Å²) >= 11 is 1.92. The molecule has 0 N–H and O–H groups in total. The number of nitrogens with zero attached hydrogens (tertiary/aromatic N) is 2. The summed E-state index contributed by atoms with van der Waals surface area (Å²) in [7, 11) is 0. The molecule has 0 saturated heterocycles. The average molecular weight is 875 g/mol. The van der Waals surface area contributed by atoms with Gasteiger partial charge in [0.1, 0.15) is 0 Å². The van der Waals surface area contributed by atoms with Crippen molar-refractivity contribution in [3.05, 3.63) is 174 Å². The van der Waals surface area contributed by atoms with Crippen molar-refractivity contribution in [3.63, 3.8) is 0 Å². The van der Waals surface area contributed by atoms with Gasteiger partial charge in [0.15, 0.2) is 0 Å². The van der Waals surface area contributed by atoms with Crippen LogP contribution in [0.15, 0.2) is 152 Å². The highest BCUT2D eigenvalue weighted by molar-refractivity contribution is 7.26. The van der Waals surface area contributed by atoms with E-state index in [1.165, 1.54) is 128 Å². The number of anilines is 5. The zero-order chi connectivity index (χ0) is 45.7. The maximum atomic E-state index is 2.75. The molecule has 0 amide bonds. The summed E-state index contributed by atoms with van der Waals surface area (Å²) in [6.45, 7) is 23.8. The van der Waals surface area contributed by atoms with E-state index < -0.39 is 0 Å². The van der Waals surface area contributed by atoms with Crippen molar-refractivity contribution in [1.29, 1.82) is 0 Å². The first-order valence-electron chi connectivity index (χ1n) is 24.1. The van der Waals surface area contributed by atoms with Crippen LogP contribution in [0.5, 0.6) is 0 Å². The molecule has 3 heterocycles. The first kappa shape index (κ1) is 41.3. The highest BCUT2D eigenvalue weighted by Crippen LogP contribution is 2.55. The highest BCUT2D eigenvalue weighted by Gasteiger charge is 2.48. The molecule has 1 aliphatic carbocycles. The molecule has 2 nitrogen and oxygen atoms in total. The van der Waals surface area contributed by atoms with E-state index in [0.29, 0.717) is 0 Å². The third-order valence-corrected chi connectivity index (χ3v) is 16.7. The maximum Gasteiger partial charge on any atom is 0.333 e. The Hall–Kier alpha value is -6.10. The zero-order valence-electron chi connectivity index (χ0n) is 40.2. The van der Waals surface area contributed by atoms with Gasteiger partial charge in [-0.2, -0.15) is 0 Å². The van der Waals surface area contributed by atoms with Gasteiger partial charge in [-0.25, -0.2) is 0 Å². The molecule has 8 aromatic carbocycles. The van der Waals surface area contributed by atoms with E-state index in [4.69, 9.17) is 0 Å². The van der Waals surface area contributed by atoms with Crippen LogP contribution in [0.25, 0.3) is 53.2 Å². The van der Waals surface area contributed by atoms with Crippen LogP contribution in [0.1, 0.15) is 104 Å². The molecule has 2 aliphatic heterocycles. The summed E-state index contributed by atoms with van der Waals surface area (Å²) in [6.07, 6.45) is 2.33. The van der Waals surface area contributed by atoms with Crippen molar-refractivity contribution in [2.24, 2.45) is 0 Å². The van der Waals surface area contributed by atoms with Crippen molar-refractivity contribution in [3.8, 4) is 22.3 Å². The molecule has 9 aromatic rings. The van der Waals surface area contributed by atoms with Crippen LogP contribution in [0, 0.1) is 0 Å². The van der Waals surface area contributed by atoms with Crippen LogP contribution >= 0.6 is 11.3 Å². The van der Waals surface area contributed by atoms with Gasteiger partial charge in [-0.1, -0.05) is 160 Å². The summed E-state index contributed by atoms with van der Waals surface area (Å²) in [5, 5.41) is 5.21. The van der Waals surface area contributed by atoms with E-state index in [9.17, 15) is 0 Å². The van der Waals surface area contributed by atoms with Gasteiger partial charge in [-0.05, 0) is 150 Å². The van der Waals surface area contributed by atoms with E-state index in [-0.39, 0.29) is 28.5 Å². The first-order valence-corrected chi connectivity index (χ1v) is 24.9. The summed E-state index contributed by atoms with van der Waals surface area (Å²) < 4.78 is 2.65. The van der Waals surface area contributed by atoms with Crippen LogP contribution < -0.4 is 20.6 Å². The Labute approximate surface area is 396 Å². The van der Waals surface area contributed by atoms with Crippen molar-refractivity contribution in [1.82, 2.24) is 0 Å². The van der Waals surface area contributed by atoms with Gasteiger partial charge >= 0.3 is 6.85 Å². The van der Waals surface area contributed by atoms with Gasteiger partial charge in [0.25, 0.3) is 0 Å². The quantitative estimate of drug-likeness (QED) is 0.163. The molecule has 0 radical (unpaired) electrons. The number of benzene rings is 8. The van der Waals surface area contributed by atoms with Crippen molar-refractivity contribution in [2.75, 3.05) is 9.71 Å². The third kappa shape index (κ3) is 6.20. The normalized spacial score (nSPS) is 16.1. The SMILES string of the molecule is CC(C)(C)c1ccc(N2B3c4cc5sc6ccccc6c5cc4N(c4ccc(C(C)(C)C)cc4-c4ccccc4)c4cc5ccccc5c(c43)-c3cc4c(cc32)C(C)(C)CCC4(C)C)cc1. The smallest absolute Gasteiger partial charge is 0.333 e. The maximum absolute atomic E-state index is 2.75. The molecule has 4 heteroatoms.